The van der Waals surface area contributed by atoms with Crippen molar-refractivity contribution in [1.29, 1.82) is 0 Å². The van der Waals surface area contributed by atoms with Crippen LogP contribution in [0.4, 0.5) is 0 Å². The molecule has 3 rings (SSSR count). The predicted molar refractivity (Wildman–Crippen MR) is 77.9 cm³/mol. The van der Waals surface area contributed by atoms with Crippen LogP contribution in [0.3, 0.4) is 0 Å². The molecule has 0 saturated heterocycles. The van der Waals surface area contributed by atoms with Crippen LogP contribution in [0.5, 0.6) is 0 Å². The third kappa shape index (κ3) is 2.36. The van der Waals surface area contributed by atoms with Crippen molar-refractivity contribution in [3.05, 3.63) is 75.5 Å². The summed E-state index contributed by atoms with van der Waals surface area (Å²) in [4.78, 5) is 0. The van der Waals surface area contributed by atoms with E-state index in [1.165, 1.54) is 5.56 Å². The van der Waals surface area contributed by atoms with E-state index in [1.54, 1.807) is 0 Å². The topological polar surface area (TPSA) is 26.1 Å². The van der Waals surface area contributed by atoms with Crippen molar-refractivity contribution in [3.8, 4) is 0 Å². The van der Waals surface area contributed by atoms with E-state index in [4.69, 9.17) is 11.6 Å². The molecule has 0 fully saturated rings. The van der Waals surface area contributed by atoms with Crippen LogP contribution in [-0.2, 0) is 6.42 Å². The molecule has 0 unspecified atom stereocenters. The van der Waals surface area contributed by atoms with Gasteiger partial charge in [-0.3, -0.25) is 0 Å². The van der Waals surface area contributed by atoms with Gasteiger partial charge in [0.05, 0.1) is 5.56 Å². The van der Waals surface area contributed by atoms with Crippen molar-refractivity contribution < 1.29 is 4.74 Å². The molecule has 2 nitrogen and oxygen atoms in total. The standard InChI is InChI=1S/C16H14ClNO/c17-14-9-8-12-7-4-10-18(19)16(15(12)11-14)13-5-2-1-3-6-13/h1-3,5-6,8-9,11H,4,7,10H2. The first-order valence-corrected chi connectivity index (χ1v) is 6.79. The van der Waals surface area contributed by atoms with Gasteiger partial charge in [0, 0.05) is 17.0 Å². The Morgan fingerprint density at radius 2 is 1.84 bits per heavy atom. The Kier molecular flexibility index (Phi) is 3.26. The van der Waals surface area contributed by atoms with E-state index in [0.717, 1.165) is 34.4 Å². The lowest BCUT2D eigenvalue weighted by atomic mass is 9.96. The number of benzene rings is 2. The largest absolute Gasteiger partial charge is 0.623 e. The Labute approximate surface area is 117 Å². The molecule has 96 valence electrons. The van der Waals surface area contributed by atoms with Crippen LogP contribution in [0.25, 0.3) is 0 Å². The molecule has 0 aliphatic carbocycles. The summed E-state index contributed by atoms with van der Waals surface area (Å²) in [6.45, 7) is 0.524. The molecule has 1 aliphatic heterocycles. The molecular formula is C16H14ClNO. The van der Waals surface area contributed by atoms with Crippen LogP contribution >= 0.6 is 11.6 Å². The Balaban J connectivity index is 2.24. The van der Waals surface area contributed by atoms with E-state index in [9.17, 15) is 5.21 Å². The second-order valence-electron chi connectivity index (χ2n) is 4.72. The highest BCUT2D eigenvalue weighted by atomic mass is 35.5. The zero-order valence-corrected chi connectivity index (χ0v) is 11.2. The third-order valence-corrected chi connectivity index (χ3v) is 3.67. The minimum atomic E-state index is 0.524. The number of fused-ring (bicyclic) bond motifs is 1. The summed E-state index contributed by atoms with van der Waals surface area (Å²) < 4.78 is 1.09. The lowest BCUT2D eigenvalue weighted by molar-refractivity contribution is -0.456. The number of halogens is 1. The Hall–Kier alpha value is -1.80. The van der Waals surface area contributed by atoms with Crippen molar-refractivity contribution in [2.75, 3.05) is 6.54 Å². The second kappa shape index (κ2) is 5.06. The number of hydroxylamine groups is 1. The van der Waals surface area contributed by atoms with E-state index in [-0.39, 0.29) is 0 Å². The molecule has 0 amide bonds. The quantitative estimate of drug-likeness (QED) is 0.574. The molecule has 0 spiro atoms. The van der Waals surface area contributed by atoms with Crippen molar-refractivity contribution in [3.63, 3.8) is 0 Å². The molecule has 19 heavy (non-hydrogen) atoms. The third-order valence-electron chi connectivity index (χ3n) is 3.43. The maximum atomic E-state index is 12.3. The molecular weight excluding hydrogens is 258 g/mol. The van der Waals surface area contributed by atoms with Gasteiger partial charge in [0.2, 0.25) is 5.71 Å². The molecule has 2 aromatic rings. The van der Waals surface area contributed by atoms with Gasteiger partial charge in [-0.25, -0.2) is 4.74 Å². The maximum Gasteiger partial charge on any atom is 0.225 e. The molecule has 1 heterocycles. The molecule has 2 aromatic carbocycles. The maximum absolute atomic E-state index is 12.3. The van der Waals surface area contributed by atoms with E-state index < -0.39 is 0 Å². The average Bonchev–Trinajstić information content (AvgIpc) is 2.58. The van der Waals surface area contributed by atoms with Gasteiger partial charge in [-0.15, -0.1) is 0 Å². The van der Waals surface area contributed by atoms with E-state index in [0.29, 0.717) is 11.6 Å². The molecule has 0 bridgehead atoms. The van der Waals surface area contributed by atoms with Gasteiger partial charge in [-0.2, -0.15) is 0 Å². The van der Waals surface area contributed by atoms with Gasteiger partial charge < -0.3 is 5.21 Å². The van der Waals surface area contributed by atoms with Crippen LogP contribution in [0.2, 0.25) is 5.02 Å². The average molecular weight is 272 g/mol. The second-order valence-corrected chi connectivity index (χ2v) is 5.16. The van der Waals surface area contributed by atoms with Gasteiger partial charge in [0.25, 0.3) is 0 Å². The summed E-state index contributed by atoms with van der Waals surface area (Å²) in [5.41, 5.74) is 3.84. The first-order chi connectivity index (χ1) is 9.25. The van der Waals surface area contributed by atoms with Gasteiger partial charge in [0.1, 0.15) is 0 Å². The summed E-state index contributed by atoms with van der Waals surface area (Å²) in [5.74, 6) is 0. The Morgan fingerprint density at radius 1 is 1.05 bits per heavy atom. The molecule has 1 aliphatic rings. The lowest BCUT2D eigenvalue weighted by Crippen LogP contribution is -2.18. The van der Waals surface area contributed by atoms with Gasteiger partial charge in [-0.1, -0.05) is 35.9 Å². The summed E-state index contributed by atoms with van der Waals surface area (Å²) in [6, 6.07) is 15.6. The molecule has 0 radical (unpaired) electrons. The van der Waals surface area contributed by atoms with Crippen molar-refractivity contribution >= 4 is 17.3 Å². The highest BCUT2D eigenvalue weighted by Gasteiger charge is 2.22. The zero-order chi connectivity index (χ0) is 13.2. The first-order valence-electron chi connectivity index (χ1n) is 6.41. The van der Waals surface area contributed by atoms with Crippen molar-refractivity contribution in [2.24, 2.45) is 0 Å². The minimum Gasteiger partial charge on any atom is -0.623 e. The first kappa shape index (κ1) is 12.2. The normalized spacial score (nSPS) is 15.0. The van der Waals surface area contributed by atoms with Crippen LogP contribution in [0.1, 0.15) is 23.1 Å². The van der Waals surface area contributed by atoms with Crippen molar-refractivity contribution in [1.82, 2.24) is 0 Å². The summed E-state index contributed by atoms with van der Waals surface area (Å²) in [7, 11) is 0. The monoisotopic (exact) mass is 271 g/mol. The van der Waals surface area contributed by atoms with Crippen molar-refractivity contribution in [2.45, 2.75) is 12.8 Å². The van der Waals surface area contributed by atoms with Crippen LogP contribution in [0.15, 0.2) is 48.5 Å². The van der Waals surface area contributed by atoms with E-state index in [1.807, 2.05) is 48.5 Å². The molecule has 0 saturated carbocycles. The molecule has 3 heteroatoms. The highest BCUT2D eigenvalue weighted by Crippen LogP contribution is 2.23. The van der Waals surface area contributed by atoms with Gasteiger partial charge in [-0.05, 0) is 36.2 Å². The molecule has 0 aromatic heterocycles. The smallest absolute Gasteiger partial charge is 0.225 e. The summed E-state index contributed by atoms with van der Waals surface area (Å²) in [6.07, 6.45) is 1.79. The zero-order valence-electron chi connectivity index (χ0n) is 10.5. The van der Waals surface area contributed by atoms with E-state index >= 15 is 0 Å². The summed E-state index contributed by atoms with van der Waals surface area (Å²) >= 11 is 6.10. The Bertz CT molecular complexity index is 634. The van der Waals surface area contributed by atoms with Gasteiger partial charge in [0.15, 0.2) is 6.54 Å². The van der Waals surface area contributed by atoms with Gasteiger partial charge >= 0.3 is 0 Å². The number of aryl methyl sites for hydroxylation is 1. The number of nitrogens with zero attached hydrogens (tertiary/aromatic N) is 1. The number of hydrogen-bond donors (Lipinski definition) is 0. The molecule has 0 N–H and O–H groups in total. The fraction of sp³-hybridized carbons (Fsp3) is 0.188. The predicted octanol–water partition coefficient (Wildman–Crippen LogP) is 3.63. The fourth-order valence-corrected chi connectivity index (χ4v) is 2.71. The number of rotatable bonds is 1. The highest BCUT2D eigenvalue weighted by molar-refractivity contribution is 6.31. The van der Waals surface area contributed by atoms with E-state index in [2.05, 4.69) is 0 Å². The van der Waals surface area contributed by atoms with Crippen LogP contribution < -0.4 is 0 Å². The Morgan fingerprint density at radius 3 is 2.63 bits per heavy atom. The van der Waals surface area contributed by atoms with Crippen LogP contribution in [-0.4, -0.2) is 17.0 Å². The number of hydrogen-bond acceptors (Lipinski definition) is 1. The molecule has 0 atom stereocenters. The fourth-order valence-electron chi connectivity index (χ4n) is 2.54. The SMILES string of the molecule is [O-][N+]1=C(c2ccccc2)c2cc(Cl)ccc2CCC1. The summed E-state index contributed by atoms with van der Waals surface area (Å²) in [5, 5.41) is 13.0. The lowest BCUT2D eigenvalue weighted by Gasteiger charge is -2.10. The van der Waals surface area contributed by atoms with Crippen LogP contribution in [0, 0.1) is 5.21 Å². The minimum absolute atomic E-state index is 0.524.